The van der Waals surface area contributed by atoms with Crippen LogP contribution in [0.2, 0.25) is 0 Å². The maximum atomic E-state index is 14.8. The van der Waals surface area contributed by atoms with Crippen LogP contribution < -0.4 is 9.92 Å². The zero-order valence-electron chi connectivity index (χ0n) is 18.8. The van der Waals surface area contributed by atoms with E-state index in [0.29, 0.717) is 16.7 Å². The Morgan fingerprint density at radius 2 is 1.82 bits per heavy atom. The van der Waals surface area contributed by atoms with E-state index < -0.39 is 32.6 Å². The van der Waals surface area contributed by atoms with Crippen LogP contribution in [0, 0.1) is 5.82 Å². The lowest BCUT2D eigenvalue weighted by molar-refractivity contribution is -0.129. The molecule has 0 saturated heterocycles. The number of rotatable bonds is 6. The van der Waals surface area contributed by atoms with Gasteiger partial charge in [-0.2, -0.15) is 8.42 Å². The van der Waals surface area contributed by atoms with Crippen molar-refractivity contribution >= 4 is 22.0 Å². The predicted molar refractivity (Wildman–Crippen MR) is 126 cm³/mol. The van der Waals surface area contributed by atoms with E-state index in [1.54, 1.807) is 30.5 Å². The van der Waals surface area contributed by atoms with Crippen LogP contribution in [0.1, 0.15) is 25.0 Å². The third-order valence-electron chi connectivity index (χ3n) is 5.64. The molecule has 8 nitrogen and oxygen atoms in total. The molecule has 1 aromatic heterocycles. The number of nitrogens with two attached hydrogens (primary N) is 1. The fourth-order valence-corrected chi connectivity index (χ4v) is 4.25. The lowest BCUT2D eigenvalue weighted by Crippen LogP contribution is -2.41. The van der Waals surface area contributed by atoms with Gasteiger partial charge in [0, 0.05) is 30.6 Å². The molecule has 4 rings (SSSR count). The van der Waals surface area contributed by atoms with E-state index in [9.17, 15) is 17.6 Å². The SMILES string of the molecule is CC(C)S(=O)(=O)Oc1cccc(C2(c3ccc(F)c(-c4cccnc4)c3)N=C(N)N(C)C2=O)c1. The minimum Gasteiger partial charge on any atom is -0.382 e. The summed E-state index contributed by atoms with van der Waals surface area (Å²) in [6, 6.07) is 13.7. The van der Waals surface area contributed by atoms with Crippen LogP contribution in [-0.4, -0.2) is 42.5 Å². The van der Waals surface area contributed by atoms with Gasteiger partial charge in [-0.15, -0.1) is 0 Å². The molecule has 2 aromatic carbocycles. The lowest BCUT2D eigenvalue weighted by Gasteiger charge is -2.27. The first-order chi connectivity index (χ1) is 16.1. The second-order valence-corrected chi connectivity index (χ2v) is 10.2. The molecule has 10 heteroatoms. The fraction of sp³-hybridized carbons (Fsp3) is 0.208. The molecule has 0 spiro atoms. The molecular weight excluding hydrogens is 459 g/mol. The van der Waals surface area contributed by atoms with Crippen LogP contribution in [0.25, 0.3) is 11.1 Å². The van der Waals surface area contributed by atoms with Gasteiger partial charge in [0.1, 0.15) is 11.6 Å². The van der Waals surface area contributed by atoms with Crippen LogP contribution in [0.3, 0.4) is 0 Å². The largest absolute Gasteiger partial charge is 0.382 e. The molecule has 3 aromatic rings. The maximum absolute atomic E-state index is 14.8. The van der Waals surface area contributed by atoms with Gasteiger partial charge in [-0.1, -0.05) is 24.3 Å². The first kappa shape index (κ1) is 23.4. The number of hydrogen-bond donors (Lipinski definition) is 1. The van der Waals surface area contributed by atoms with Gasteiger partial charge in [-0.25, -0.2) is 9.38 Å². The Hall–Kier alpha value is -3.79. The second kappa shape index (κ2) is 8.53. The van der Waals surface area contributed by atoms with Crippen LogP contribution in [-0.2, 0) is 20.5 Å². The van der Waals surface area contributed by atoms with Gasteiger partial charge < -0.3 is 9.92 Å². The van der Waals surface area contributed by atoms with Crippen molar-refractivity contribution in [2.75, 3.05) is 7.05 Å². The van der Waals surface area contributed by atoms with Crippen molar-refractivity contribution in [1.82, 2.24) is 9.88 Å². The molecular formula is C24H23FN4O4S. The molecule has 2 heterocycles. The Balaban J connectivity index is 1.92. The van der Waals surface area contributed by atoms with E-state index >= 15 is 0 Å². The molecule has 1 aliphatic heterocycles. The molecule has 2 N–H and O–H groups in total. The van der Waals surface area contributed by atoms with Crippen molar-refractivity contribution in [1.29, 1.82) is 0 Å². The summed E-state index contributed by atoms with van der Waals surface area (Å²) in [4.78, 5) is 23.3. The summed E-state index contributed by atoms with van der Waals surface area (Å²) >= 11 is 0. The third-order valence-corrected chi connectivity index (χ3v) is 7.22. The molecule has 0 aliphatic carbocycles. The van der Waals surface area contributed by atoms with Gasteiger partial charge in [-0.3, -0.25) is 14.7 Å². The number of hydrogen-bond acceptors (Lipinski definition) is 7. The number of carbonyl (C=O) groups excluding carboxylic acids is 1. The van der Waals surface area contributed by atoms with Crippen molar-refractivity contribution in [3.05, 3.63) is 83.9 Å². The number of halogens is 1. The molecule has 1 amide bonds. The van der Waals surface area contributed by atoms with E-state index in [1.807, 2.05) is 0 Å². The second-order valence-electron chi connectivity index (χ2n) is 8.13. The Morgan fingerprint density at radius 3 is 2.44 bits per heavy atom. The number of benzene rings is 2. The number of likely N-dealkylation sites (N-methyl/N-ethyl adjacent to an activating group) is 1. The lowest BCUT2D eigenvalue weighted by atomic mass is 9.81. The third kappa shape index (κ3) is 3.90. The summed E-state index contributed by atoms with van der Waals surface area (Å²) in [5.41, 5.74) is 5.79. The molecule has 0 fully saturated rings. The van der Waals surface area contributed by atoms with Crippen molar-refractivity contribution in [2.45, 2.75) is 24.6 Å². The van der Waals surface area contributed by atoms with Gasteiger partial charge in [0.2, 0.25) is 0 Å². The summed E-state index contributed by atoms with van der Waals surface area (Å²) in [7, 11) is -2.39. The average molecular weight is 483 g/mol. The molecule has 0 saturated carbocycles. The minimum atomic E-state index is -3.87. The van der Waals surface area contributed by atoms with Crippen molar-refractivity contribution in [2.24, 2.45) is 10.7 Å². The number of guanidine groups is 1. The zero-order valence-corrected chi connectivity index (χ0v) is 19.6. The van der Waals surface area contributed by atoms with Gasteiger partial charge in [0.15, 0.2) is 11.5 Å². The highest BCUT2D eigenvalue weighted by molar-refractivity contribution is 7.87. The van der Waals surface area contributed by atoms with Gasteiger partial charge in [-0.05, 0) is 55.3 Å². The standard InChI is InChI=1S/C24H23FN4O4S/c1-15(2)34(31,32)33-19-8-4-7-17(12-19)24(22(30)29(3)23(26)28-24)18-9-10-21(25)20(13-18)16-6-5-11-27-14-16/h4-15H,1-3H3,(H2,26,28). The molecule has 0 bridgehead atoms. The monoisotopic (exact) mass is 482 g/mol. The number of carbonyl (C=O) groups is 1. The van der Waals surface area contributed by atoms with Crippen molar-refractivity contribution < 1.29 is 21.8 Å². The first-order valence-corrected chi connectivity index (χ1v) is 11.9. The summed E-state index contributed by atoms with van der Waals surface area (Å²) in [6.07, 6.45) is 3.09. The van der Waals surface area contributed by atoms with E-state index in [1.165, 1.54) is 62.3 Å². The van der Waals surface area contributed by atoms with Crippen LogP contribution in [0.5, 0.6) is 5.75 Å². The van der Waals surface area contributed by atoms with Gasteiger partial charge >= 0.3 is 10.1 Å². The quantitative estimate of drug-likeness (QED) is 0.540. The Bertz CT molecular complexity index is 1390. The molecule has 1 aliphatic rings. The number of aliphatic imine (C=N–C) groups is 1. The number of aromatic nitrogens is 1. The molecule has 34 heavy (non-hydrogen) atoms. The van der Waals surface area contributed by atoms with Crippen LogP contribution >= 0.6 is 0 Å². The average Bonchev–Trinajstić information content (AvgIpc) is 3.04. The Labute approximate surface area is 197 Å². The topological polar surface area (TPSA) is 115 Å². The summed E-state index contributed by atoms with van der Waals surface area (Å²) < 4.78 is 44.6. The van der Waals surface area contributed by atoms with E-state index in [4.69, 9.17) is 9.92 Å². The summed E-state index contributed by atoms with van der Waals surface area (Å²) in [6.45, 7) is 3.00. The smallest absolute Gasteiger partial charge is 0.311 e. The Kier molecular flexibility index (Phi) is 5.86. The van der Waals surface area contributed by atoms with Crippen molar-refractivity contribution in [3.8, 4) is 16.9 Å². The van der Waals surface area contributed by atoms with Crippen molar-refractivity contribution in [3.63, 3.8) is 0 Å². The highest BCUT2D eigenvalue weighted by Gasteiger charge is 2.50. The maximum Gasteiger partial charge on any atom is 0.311 e. The highest BCUT2D eigenvalue weighted by atomic mass is 32.2. The Morgan fingerprint density at radius 1 is 1.09 bits per heavy atom. The van der Waals surface area contributed by atoms with Gasteiger partial charge in [0.25, 0.3) is 5.91 Å². The highest BCUT2D eigenvalue weighted by Crippen LogP contribution is 2.42. The number of pyridine rings is 1. The first-order valence-electron chi connectivity index (χ1n) is 10.4. The van der Waals surface area contributed by atoms with Crippen LogP contribution in [0.15, 0.2) is 72.0 Å². The summed E-state index contributed by atoms with van der Waals surface area (Å²) in [5, 5.41) is -0.767. The molecule has 1 atom stereocenters. The zero-order chi connectivity index (χ0) is 24.7. The minimum absolute atomic E-state index is 0.0243. The molecule has 1 unspecified atom stereocenters. The predicted octanol–water partition coefficient (Wildman–Crippen LogP) is 3.04. The van der Waals surface area contributed by atoms with Gasteiger partial charge in [0.05, 0.1) is 5.25 Å². The molecule has 176 valence electrons. The fourth-order valence-electron chi connectivity index (χ4n) is 3.68. The van der Waals surface area contributed by atoms with Crippen LogP contribution in [0.4, 0.5) is 4.39 Å². The van der Waals surface area contributed by atoms with E-state index in [0.717, 1.165) is 0 Å². The summed E-state index contributed by atoms with van der Waals surface area (Å²) in [5.74, 6) is -0.977. The van der Waals surface area contributed by atoms with E-state index in [-0.39, 0.29) is 17.3 Å². The van der Waals surface area contributed by atoms with E-state index in [2.05, 4.69) is 9.98 Å². The number of nitrogens with zero attached hydrogens (tertiary/aromatic N) is 3. The normalized spacial score (nSPS) is 18.3. The number of amides is 1. The molecule has 0 radical (unpaired) electrons.